The Morgan fingerprint density at radius 1 is 1.40 bits per heavy atom. The number of anilines is 1. The van der Waals surface area contributed by atoms with Crippen molar-refractivity contribution < 1.29 is 0 Å². The highest BCUT2D eigenvalue weighted by atomic mass is 35.5. The molecule has 0 radical (unpaired) electrons. The molecule has 1 atom stereocenters. The monoisotopic (exact) mass is 312 g/mol. The third-order valence-electron chi connectivity index (χ3n) is 3.72. The molecule has 1 aromatic carbocycles. The summed E-state index contributed by atoms with van der Waals surface area (Å²) < 4.78 is 0. The number of hydrogen-bond acceptors (Lipinski definition) is 3. The van der Waals surface area contributed by atoms with Crippen molar-refractivity contribution in [2.45, 2.75) is 38.5 Å². The summed E-state index contributed by atoms with van der Waals surface area (Å²) in [7, 11) is 0. The van der Waals surface area contributed by atoms with Crippen LogP contribution in [0.15, 0.2) is 18.2 Å². The molecular weight excluding hydrogens is 288 g/mol. The maximum Gasteiger partial charge on any atom is 0.0642 e. The largest absolute Gasteiger partial charge is 0.368 e. The number of thioether (sulfide) groups is 1. The van der Waals surface area contributed by atoms with E-state index in [0.717, 1.165) is 42.9 Å². The smallest absolute Gasteiger partial charge is 0.0642 e. The third kappa shape index (κ3) is 4.06. The van der Waals surface area contributed by atoms with E-state index in [4.69, 9.17) is 11.6 Å². The number of para-hydroxylation sites is 1. The molecule has 112 valence electrons. The van der Waals surface area contributed by atoms with Gasteiger partial charge in [0.05, 0.1) is 10.7 Å². The van der Waals surface area contributed by atoms with Gasteiger partial charge in [-0.2, -0.15) is 11.8 Å². The van der Waals surface area contributed by atoms with E-state index in [2.05, 4.69) is 48.0 Å². The van der Waals surface area contributed by atoms with Gasteiger partial charge in [0, 0.05) is 30.6 Å². The molecule has 0 aliphatic carbocycles. The molecule has 1 saturated heterocycles. The maximum atomic E-state index is 6.49. The molecule has 1 heterocycles. The van der Waals surface area contributed by atoms with Gasteiger partial charge in [-0.15, -0.1) is 0 Å². The summed E-state index contributed by atoms with van der Waals surface area (Å²) in [5, 5.41) is 5.12. The molecule has 0 spiro atoms. The fourth-order valence-corrected chi connectivity index (χ4v) is 4.12. The molecule has 1 unspecified atom stereocenters. The second-order valence-corrected chi connectivity index (χ2v) is 7.09. The third-order valence-corrected chi connectivity index (χ3v) is 5.40. The van der Waals surface area contributed by atoms with Crippen LogP contribution in [0.25, 0.3) is 0 Å². The highest BCUT2D eigenvalue weighted by Gasteiger charge is 2.22. The first-order chi connectivity index (χ1) is 9.76. The van der Waals surface area contributed by atoms with Crippen LogP contribution >= 0.6 is 23.4 Å². The lowest BCUT2D eigenvalue weighted by Gasteiger charge is -2.35. The average Bonchev–Trinajstić information content (AvgIpc) is 2.48. The Kier molecular flexibility index (Phi) is 6.53. The van der Waals surface area contributed by atoms with Crippen LogP contribution < -0.4 is 10.2 Å². The number of benzene rings is 1. The van der Waals surface area contributed by atoms with Crippen molar-refractivity contribution in [3.05, 3.63) is 28.8 Å². The Hall–Kier alpha value is -0.380. The van der Waals surface area contributed by atoms with Gasteiger partial charge >= 0.3 is 0 Å². The van der Waals surface area contributed by atoms with E-state index in [1.165, 1.54) is 23.4 Å². The van der Waals surface area contributed by atoms with Crippen LogP contribution in [0.5, 0.6) is 0 Å². The highest BCUT2D eigenvalue weighted by Crippen LogP contribution is 2.33. The van der Waals surface area contributed by atoms with Gasteiger partial charge < -0.3 is 10.2 Å². The Morgan fingerprint density at radius 3 is 3.00 bits per heavy atom. The zero-order valence-electron chi connectivity index (χ0n) is 12.5. The topological polar surface area (TPSA) is 15.3 Å². The van der Waals surface area contributed by atoms with Crippen LogP contribution in [0.1, 0.15) is 32.3 Å². The molecule has 4 heteroatoms. The minimum absolute atomic E-state index is 0.733. The first-order valence-corrected chi connectivity index (χ1v) is 9.03. The molecule has 1 aliphatic heterocycles. The summed E-state index contributed by atoms with van der Waals surface area (Å²) in [5.41, 5.74) is 2.57. The van der Waals surface area contributed by atoms with Gasteiger partial charge in [-0.05, 0) is 31.0 Å². The van der Waals surface area contributed by atoms with Crippen LogP contribution in [0, 0.1) is 0 Å². The van der Waals surface area contributed by atoms with Crippen molar-refractivity contribution in [1.82, 2.24) is 5.32 Å². The van der Waals surface area contributed by atoms with Crippen molar-refractivity contribution in [3.63, 3.8) is 0 Å². The van der Waals surface area contributed by atoms with Crippen LogP contribution in [-0.4, -0.2) is 30.6 Å². The zero-order chi connectivity index (χ0) is 14.4. The summed E-state index contributed by atoms with van der Waals surface area (Å²) in [6.45, 7) is 8.65. The van der Waals surface area contributed by atoms with Gasteiger partial charge in [0.15, 0.2) is 0 Å². The molecule has 2 nitrogen and oxygen atoms in total. The first-order valence-electron chi connectivity index (χ1n) is 7.60. The quantitative estimate of drug-likeness (QED) is 0.794. The van der Waals surface area contributed by atoms with E-state index in [0.29, 0.717) is 0 Å². The minimum atomic E-state index is 0.733. The number of nitrogens with zero attached hydrogens (tertiary/aromatic N) is 1. The van der Waals surface area contributed by atoms with E-state index < -0.39 is 0 Å². The van der Waals surface area contributed by atoms with Gasteiger partial charge in [0.2, 0.25) is 0 Å². The molecule has 0 saturated carbocycles. The van der Waals surface area contributed by atoms with Crippen LogP contribution in [-0.2, 0) is 6.54 Å². The van der Waals surface area contributed by atoms with Crippen molar-refractivity contribution >= 4 is 29.1 Å². The number of rotatable bonds is 6. The summed E-state index contributed by atoms with van der Waals surface area (Å²) >= 11 is 8.58. The molecule has 1 fully saturated rings. The normalized spacial score (nSPS) is 19.4. The number of halogens is 1. The predicted octanol–water partition coefficient (Wildman–Crippen LogP) is 4.17. The lowest BCUT2D eigenvalue weighted by Crippen LogP contribution is -2.38. The highest BCUT2D eigenvalue weighted by molar-refractivity contribution is 8.00. The Labute approximate surface area is 132 Å². The van der Waals surface area contributed by atoms with E-state index >= 15 is 0 Å². The summed E-state index contributed by atoms with van der Waals surface area (Å²) in [6, 6.07) is 6.28. The second-order valence-electron chi connectivity index (χ2n) is 5.27. The summed E-state index contributed by atoms with van der Waals surface area (Å²) in [6.07, 6.45) is 2.39. The van der Waals surface area contributed by atoms with Crippen molar-refractivity contribution in [3.8, 4) is 0 Å². The van der Waals surface area contributed by atoms with Crippen LogP contribution in [0.4, 0.5) is 5.69 Å². The molecule has 0 amide bonds. The van der Waals surface area contributed by atoms with Gasteiger partial charge in [0.1, 0.15) is 0 Å². The maximum absolute atomic E-state index is 6.49. The van der Waals surface area contributed by atoms with Crippen molar-refractivity contribution in [1.29, 1.82) is 0 Å². The first kappa shape index (κ1) is 16.0. The van der Waals surface area contributed by atoms with Crippen molar-refractivity contribution in [2.75, 3.05) is 30.3 Å². The number of nitrogens with one attached hydrogen (secondary N) is 1. The average molecular weight is 313 g/mol. The molecular formula is C16H25ClN2S. The molecule has 1 N–H and O–H groups in total. The Balaban J connectivity index is 2.15. The van der Waals surface area contributed by atoms with Crippen molar-refractivity contribution in [2.24, 2.45) is 0 Å². The molecule has 2 rings (SSSR count). The molecule has 20 heavy (non-hydrogen) atoms. The van der Waals surface area contributed by atoms with Crippen LogP contribution in [0.3, 0.4) is 0 Å². The lowest BCUT2D eigenvalue weighted by molar-refractivity contribution is 0.668. The molecule has 0 aromatic heterocycles. The van der Waals surface area contributed by atoms with Gasteiger partial charge in [0.25, 0.3) is 0 Å². The zero-order valence-corrected chi connectivity index (χ0v) is 14.1. The standard InChI is InChI=1S/C16H25ClN2S/c1-3-8-18-11-13-6-5-7-15(17)16(13)19-9-10-20-14(4-2)12-19/h5-7,14,18H,3-4,8-12H2,1-2H3. The van der Waals surface area contributed by atoms with Gasteiger partial charge in [-0.1, -0.05) is 37.6 Å². The van der Waals surface area contributed by atoms with E-state index in [1.54, 1.807) is 0 Å². The fourth-order valence-electron chi connectivity index (χ4n) is 2.63. The Morgan fingerprint density at radius 2 is 2.25 bits per heavy atom. The summed E-state index contributed by atoms with van der Waals surface area (Å²) in [5.74, 6) is 1.20. The minimum Gasteiger partial charge on any atom is -0.368 e. The number of hydrogen-bond donors (Lipinski definition) is 1. The van der Waals surface area contributed by atoms with E-state index in [9.17, 15) is 0 Å². The van der Waals surface area contributed by atoms with Gasteiger partial charge in [-0.3, -0.25) is 0 Å². The molecule has 0 bridgehead atoms. The lowest BCUT2D eigenvalue weighted by atomic mass is 10.1. The predicted molar refractivity (Wildman–Crippen MR) is 92.2 cm³/mol. The van der Waals surface area contributed by atoms with Crippen LogP contribution in [0.2, 0.25) is 5.02 Å². The van der Waals surface area contributed by atoms with E-state index in [-0.39, 0.29) is 0 Å². The second kappa shape index (κ2) is 8.16. The summed E-state index contributed by atoms with van der Waals surface area (Å²) in [4.78, 5) is 2.48. The molecule has 1 aliphatic rings. The SMILES string of the molecule is CCCNCc1cccc(Cl)c1N1CCSC(CC)C1. The molecule has 1 aromatic rings. The fraction of sp³-hybridized carbons (Fsp3) is 0.625. The van der Waals surface area contributed by atoms with Gasteiger partial charge in [-0.25, -0.2) is 0 Å². The van der Waals surface area contributed by atoms with E-state index in [1.807, 2.05) is 6.07 Å². The Bertz CT molecular complexity index is 425.